The molecule has 0 aliphatic carbocycles. The molecule has 2 aromatic carbocycles. The van der Waals surface area contributed by atoms with Gasteiger partial charge in [0.2, 0.25) is 21.7 Å². The summed E-state index contributed by atoms with van der Waals surface area (Å²) >= 11 is 12.1. The van der Waals surface area contributed by atoms with Crippen molar-refractivity contribution in [2.75, 3.05) is 11.9 Å². The third kappa shape index (κ3) is 7.27. The van der Waals surface area contributed by atoms with Crippen LogP contribution in [0.15, 0.2) is 47.4 Å². The van der Waals surface area contributed by atoms with Gasteiger partial charge in [-0.2, -0.15) is 0 Å². The number of hydrogen-bond acceptors (Lipinski definition) is 6. The lowest BCUT2D eigenvalue weighted by Gasteiger charge is -2.25. The highest BCUT2D eigenvalue weighted by molar-refractivity contribution is 7.89. The number of sulfonamides is 1. The van der Waals surface area contributed by atoms with Crippen LogP contribution in [-0.4, -0.2) is 38.7 Å². The molecule has 184 valence electrons. The van der Waals surface area contributed by atoms with Crippen LogP contribution in [0.1, 0.15) is 39.2 Å². The molecule has 0 fully saturated rings. The summed E-state index contributed by atoms with van der Waals surface area (Å²) in [7, 11) is -2.40. The van der Waals surface area contributed by atoms with Gasteiger partial charge in [0.25, 0.3) is 0 Å². The maximum absolute atomic E-state index is 13.1. The van der Waals surface area contributed by atoms with Crippen molar-refractivity contribution in [1.29, 1.82) is 0 Å². The van der Waals surface area contributed by atoms with Crippen LogP contribution >= 0.6 is 23.2 Å². The van der Waals surface area contributed by atoms with Crippen LogP contribution in [0.25, 0.3) is 0 Å². The Morgan fingerprint density at radius 1 is 1.03 bits per heavy atom. The molecule has 34 heavy (non-hydrogen) atoms. The number of hydrogen-bond donors (Lipinski definition) is 1. The van der Waals surface area contributed by atoms with E-state index in [1.54, 1.807) is 39.0 Å². The second kappa shape index (κ2) is 11.3. The Kier molecular flexibility index (Phi) is 9.24. The van der Waals surface area contributed by atoms with Crippen LogP contribution in [0.4, 0.5) is 5.69 Å². The van der Waals surface area contributed by atoms with Crippen LogP contribution in [0.3, 0.4) is 0 Å². The molecule has 0 spiro atoms. The van der Waals surface area contributed by atoms with E-state index in [2.05, 4.69) is 4.72 Å². The Labute approximate surface area is 209 Å². The third-order valence-corrected chi connectivity index (χ3v) is 7.28. The van der Waals surface area contributed by atoms with Gasteiger partial charge in [-0.25, -0.2) is 17.9 Å². The molecule has 0 aliphatic heterocycles. The molecule has 2 aromatic rings. The molecule has 8 nitrogen and oxygen atoms in total. The van der Waals surface area contributed by atoms with Crippen molar-refractivity contribution in [3.63, 3.8) is 0 Å². The van der Waals surface area contributed by atoms with Crippen LogP contribution in [0.2, 0.25) is 10.0 Å². The van der Waals surface area contributed by atoms with Crippen LogP contribution in [0, 0.1) is 0 Å². The highest BCUT2D eigenvalue weighted by atomic mass is 35.5. The van der Waals surface area contributed by atoms with Crippen molar-refractivity contribution >= 4 is 56.6 Å². The summed E-state index contributed by atoms with van der Waals surface area (Å²) in [6.45, 7) is 5.13. The number of nitrogens with one attached hydrogen (secondary N) is 1. The van der Waals surface area contributed by atoms with Gasteiger partial charge in [0, 0.05) is 5.69 Å². The van der Waals surface area contributed by atoms with Crippen molar-refractivity contribution in [2.45, 2.75) is 50.7 Å². The number of carbonyl (C=O) groups is 3. The first-order valence-electron chi connectivity index (χ1n) is 10.3. The first kappa shape index (κ1) is 27.8. The van der Waals surface area contributed by atoms with E-state index in [1.807, 2.05) is 0 Å². The molecule has 0 bridgehead atoms. The molecule has 0 aromatic heterocycles. The van der Waals surface area contributed by atoms with Crippen LogP contribution in [-0.2, 0) is 35.7 Å². The second-order valence-corrected chi connectivity index (χ2v) is 10.7. The van der Waals surface area contributed by atoms with Crippen molar-refractivity contribution in [2.24, 2.45) is 0 Å². The molecule has 0 aliphatic rings. The van der Waals surface area contributed by atoms with Crippen molar-refractivity contribution in [3.8, 4) is 0 Å². The topological polar surface area (TPSA) is 110 Å². The lowest BCUT2D eigenvalue weighted by molar-refractivity contribution is -0.164. The third-order valence-electron chi connectivity index (χ3n) is 5.11. The molecular weight excluding hydrogens is 503 g/mol. The number of ether oxygens (including phenoxy) is 1. The second-order valence-electron chi connectivity index (χ2n) is 8.03. The molecule has 0 unspecified atom stereocenters. The highest BCUT2D eigenvalue weighted by Crippen LogP contribution is 2.26. The Balaban J connectivity index is 2.34. The highest BCUT2D eigenvalue weighted by Gasteiger charge is 2.29. The van der Waals surface area contributed by atoms with Gasteiger partial charge in [-0.15, -0.1) is 0 Å². The summed E-state index contributed by atoms with van der Waals surface area (Å²) in [6, 6.07) is 10.3. The number of Topliss-reactive ketones (excluding diaryl/α,β-unsaturated/α-hetero) is 1. The van der Waals surface area contributed by atoms with E-state index < -0.39 is 39.7 Å². The van der Waals surface area contributed by atoms with E-state index in [1.165, 1.54) is 36.2 Å². The van der Waals surface area contributed by atoms with Gasteiger partial charge in [-0.1, -0.05) is 36.2 Å². The monoisotopic (exact) mass is 528 g/mol. The number of benzene rings is 2. The number of nitrogens with zero attached hydrogens (tertiary/aromatic N) is 1. The summed E-state index contributed by atoms with van der Waals surface area (Å²) in [5.41, 5.74) is 0.0856. The number of amides is 1. The molecule has 0 saturated carbocycles. The average molecular weight is 529 g/mol. The van der Waals surface area contributed by atoms with E-state index in [0.717, 1.165) is 0 Å². The fraction of sp³-hybridized carbons (Fsp3) is 0.348. The van der Waals surface area contributed by atoms with Gasteiger partial charge in [0.1, 0.15) is 5.60 Å². The van der Waals surface area contributed by atoms with E-state index in [9.17, 15) is 22.8 Å². The molecular formula is C23H26Cl2N2O6S. The number of ketones is 1. The summed E-state index contributed by atoms with van der Waals surface area (Å²) in [6.07, 6.45) is -0.234. The van der Waals surface area contributed by atoms with Crippen molar-refractivity contribution in [3.05, 3.63) is 58.1 Å². The summed E-state index contributed by atoms with van der Waals surface area (Å²) in [5.74, 6) is -2.75. The molecule has 0 saturated heterocycles. The minimum Gasteiger partial charge on any atom is -0.454 e. The zero-order chi connectivity index (χ0) is 25.7. The largest absolute Gasteiger partial charge is 0.454 e. The van der Waals surface area contributed by atoms with Gasteiger partial charge in [-0.05, 0) is 69.3 Å². The van der Waals surface area contributed by atoms with E-state index in [4.69, 9.17) is 27.9 Å². The molecule has 0 atom stereocenters. The predicted molar refractivity (Wildman–Crippen MR) is 130 cm³/mol. The van der Waals surface area contributed by atoms with Crippen LogP contribution < -0.4 is 9.62 Å². The van der Waals surface area contributed by atoms with Gasteiger partial charge in [0.05, 0.1) is 27.9 Å². The predicted octanol–water partition coefficient (Wildman–Crippen LogP) is 4.13. The van der Waals surface area contributed by atoms with Gasteiger partial charge < -0.3 is 9.64 Å². The van der Waals surface area contributed by atoms with E-state index in [0.29, 0.717) is 22.7 Å². The first-order chi connectivity index (χ1) is 15.8. The Morgan fingerprint density at radius 2 is 1.65 bits per heavy atom. The average Bonchev–Trinajstić information content (AvgIpc) is 2.79. The van der Waals surface area contributed by atoms with Gasteiger partial charge in [-0.3, -0.25) is 9.59 Å². The van der Waals surface area contributed by atoms with Crippen molar-refractivity contribution in [1.82, 2.24) is 4.72 Å². The Hall–Kier alpha value is -2.46. The smallest absolute Gasteiger partial charge is 0.375 e. The number of carbonyl (C=O) groups excluding carboxylic acids is 3. The number of halogens is 2. The van der Waals surface area contributed by atoms with Gasteiger partial charge >= 0.3 is 5.97 Å². The zero-order valence-electron chi connectivity index (χ0n) is 19.2. The molecule has 2 rings (SSSR count). The minimum atomic E-state index is -3.68. The fourth-order valence-electron chi connectivity index (χ4n) is 2.75. The minimum absolute atomic E-state index is 0.00198. The number of rotatable bonds is 10. The number of anilines is 1. The maximum Gasteiger partial charge on any atom is 0.375 e. The number of esters is 1. The lowest BCUT2D eigenvalue weighted by Crippen LogP contribution is -2.36. The standard InChI is InChI=1S/C23H26Cl2N2O6S/c1-5-23(2,3)33-22(30)20(28)13-21(29)27(14-15-6-11-18(24)19(25)12-15)16-7-9-17(10-8-16)34(31,32)26-4/h6-12,26H,5,13-14H2,1-4H3. The van der Waals surface area contributed by atoms with E-state index in [-0.39, 0.29) is 16.5 Å². The Morgan fingerprint density at radius 3 is 2.18 bits per heavy atom. The molecule has 1 amide bonds. The Bertz CT molecular complexity index is 1180. The van der Waals surface area contributed by atoms with Gasteiger partial charge in [0.15, 0.2) is 0 Å². The SMILES string of the molecule is CCC(C)(C)OC(=O)C(=O)CC(=O)N(Cc1ccc(Cl)c(Cl)c1)c1ccc(S(=O)(=O)NC)cc1. The van der Waals surface area contributed by atoms with E-state index >= 15 is 0 Å². The quantitative estimate of drug-likeness (QED) is 0.282. The zero-order valence-corrected chi connectivity index (χ0v) is 21.6. The summed E-state index contributed by atoms with van der Waals surface area (Å²) < 4.78 is 31.4. The molecule has 0 heterocycles. The van der Waals surface area contributed by atoms with Crippen LogP contribution in [0.5, 0.6) is 0 Å². The lowest BCUT2D eigenvalue weighted by atomic mass is 10.1. The summed E-state index contributed by atoms with van der Waals surface area (Å²) in [4.78, 5) is 39.0. The van der Waals surface area contributed by atoms with Crippen molar-refractivity contribution < 1.29 is 27.5 Å². The first-order valence-corrected chi connectivity index (χ1v) is 12.6. The molecule has 1 N–H and O–H groups in total. The normalized spacial score (nSPS) is 11.7. The maximum atomic E-state index is 13.1. The summed E-state index contributed by atoms with van der Waals surface area (Å²) in [5, 5.41) is 0.616. The fourth-order valence-corrected chi connectivity index (χ4v) is 3.80. The molecule has 0 radical (unpaired) electrons. The molecule has 11 heteroatoms.